The molecule has 3 N–H and O–H groups in total. The lowest BCUT2D eigenvalue weighted by molar-refractivity contribution is 0.0687. The number of carboxylic acids is 1. The van der Waals surface area contributed by atoms with Gasteiger partial charge in [0, 0.05) is 40.5 Å². The number of nitrogens with one attached hydrogen (secondary N) is 2. The molecule has 0 amide bonds. The first-order valence-corrected chi connectivity index (χ1v) is 10.9. The van der Waals surface area contributed by atoms with Gasteiger partial charge in [0.1, 0.15) is 17.2 Å². The Bertz CT molecular complexity index is 1240. The van der Waals surface area contributed by atoms with Crippen LogP contribution >= 0.6 is 11.8 Å². The number of hydrogen-bond donors (Lipinski definition) is 3. The predicted octanol–water partition coefficient (Wildman–Crippen LogP) is 5.32. The van der Waals surface area contributed by atoms with Crippen molar-refractivity contribution in [1.82, 2.24) is 10.3 Å². The van der Waals surface area contributed by atoms with Crippen LogP contribution in [0.2, 0.25) is 0 Å². The van der Waals surface area contributed by atoms with E-state index in [0.29, 0.717) is 13.1 Å². The van der Waals surface area contributed by atoms with Crippen LogP contribution in [0.4, 0.5) is 0 Å². The van der Waals surface area contributed by atoms with Gasteiger partial charge in [-0.15, -0.1) is 0 Å². The number of carboxylic acid groups (broad SMARTS) is 1. The van der Waals surface area contributed by atoms with Crippen LogP contribution in [0.3, 0.4) is 0 Å². The van der Waals surface area contributed by atoms with Crippen LogP contribution in [-0.2, 0) is 13.1 Å². The number of methoxy groups -OCH3 is 2. The molecule has 0 bridgehead atoms. The van der Waals surface area contributed by atoms with Gasteiger partial charge in [-0.25, -0.2) is 4.79 Å². The van der Waals surface area contributed by atoms with Crippen LogP contribution in [0.5, 0.6) is 11.5 Å². The Morgan fingerprint density at radius 3 is 2.53 bits per heavy atom. The second-order valence-corrected chi connectivity index (χ2v) is 8.29. The average Bonchev–Trinajstić information content (AvgIpc) is 3.17. The summed E-state index contributed by atoms with van der Waals surface area (Å²) in [5, 5.41) is 14.0. The third kappa shape index (κ3) is 4.74. The second-order valence-electron chi connectivity index (χ2n) is 7.21. The summed E-state index contributed by atoms with van der Waals surface area (Å²) in [6, 6.07) is 21.5. The molecule has 0 aliphatic rings. The SMILES string of the molecule is COc1ccc(CNCc2ccc3c(Sc4ccccc4)c(C(=O)O)[nH]c3c2)c(OC)c1. The lowest BCUT2D eigenvalue weighted by atomic mass is 10.1. The smallest absolute Gasteiger partial charge is 0.353 e. The largest absolute Gasteiger partial charge is 0.497 e. The van der Waals surface area contributed by atoms with Crippen LogP contribution in [0.15, 0.2) is 76.5 Å². The Morgan fingerprint density at radius 2 is 1.81 bits per heavy atom. The highest BCUT2D eigenvalue weighted by molar-refractivity contribution is 7.99. The van der Waals surface area contributed by atoms with Crippen LogP contribution in [-0.4, -0.2) is 30.3 Å². The number of hydrogen-bond acceptors (Lipinski definition) is 5. The molecular formula is C25H24N2O4S. The minimum Gasteiger partial charge on any atom is -0.497 e. The van der Waals surface area contributed by atoms with Crippen molar-refractivity contribution in [2.45, 2.75) is 22.9 Å². The second kappa shape index (κ2) is 9.80. The first kappa shape index (κ1) is 21.8. The van der Waals surface area contributed by atoms with Gasteiger partial charge in [0.05, 0.1) is 19.1 Å². The highest BCUT2D eigenvalue weighted by atomic mass is 32.2. The minimum absolute atomic E-state index is 0.210. The van der Waals surface area contributed by atoms with Crippen molar-refractivity contribution in [3.05, 3.63) is 83.6 Å². The van der Waals surface area contributed by atoms with Crippen LogP contribution in [0, 0.1) is 0 Å². The van der Waals surface area contributed by atoms with Crippen molar-refractivity contribution < 1.29 is 19.4 Å². The molecule has 7 heteroatoms. The third-order valence-corrected chi connectivity index (χ3v) is 6.27. The Kier molecular flexibility index (Phi) is 6.68. The Labute approximate surface area is 190 Å². The number of aromatic amines is 1. The van der Waals surface area contributed by atoms with Crippen LogP contribution in [0.1, 0.15) is 21.6 Å². The summed E-state index contributed by atoms with van der Waals surface area (Å²) < 4.78 is 10.7. The molecule has 0 spiro atoms. The monoisotopic (exact) mass is 448 g/mol. The fourth-order valence-electron chi connectivity index (χ4n) is 3.53. The molecule has 3 aromatic carbocycles. The molecule has 6 nitrogen and oxygen atoms in total. The lowest BCUT2D eigenvalue weighted by Crippen LogP contribution is -2.13. The summed E-state index contributed by atoms with van der Waals surface area (Å²) in [6.45, 7) is 1.26. The van der Waals surface area contributed by atoms with Crippen molar-refractivity contribution in [3.8, 4) is 11.5 Å². The average molecular weight is 449 g/mol. The molecule has 0 unspecified atom stereocenters. The fraction of sp³-hybridized carbons (Fsp3) is 0.160. The number of aromatic nitrogens is 1. The molecule has 0 aliphatic carbocycles. The number of ether oxygens (including phenoxy) is 2. The molecule has 0 saturated carbocycles. The summed E-state index contributed by atoms with van der Waals surface area (Å²) in [5.41, 5.74) is 3.10. The summed E-state index contributed by atoms with van der Waals surface area (Å²) in [7, 11) is 3.27. The Balaban J connectivity index is 1.52. The molecule has 4 rings (SSSR count). The molecule has 4 aromatic rings. The number of H-pyrrole nitrogens is 1. The van der Waals surface area contributed by atoms with Gasteiger partial charge >= 0.3 is 5.97 Å². The number of rotatable bonds is 9. The maximum absolute atomic E-state index is 11.8. The lowest BCUT2D eigenvalue weighted by Gasteiger charge is -2.11. The highest BCUT2D eigenvalue weighted by Crippen LogP contribution is 2.37. The topological polar surface area (TPSA) is 83.6 Å². The molecule has 0 fully saturated rings. The third-order valence-electron chi connectivity index (χ3n) is 5.13. The van der Waals surface area contributed by atoms with E-state index in [1.54, 1.807) is 14.2 Å². The maximum Gasteiger partial charge on any atom is 0.353 e. The summed E-state index contributed by atoms with van der Waals surface area (Å²) in [5.74, 6) is 0.553. The minimum atomic E-state index is -0.967. The van der Waals surface area contributed by atoms with E-state index in [2.05, 4.69) is 10.3 Å². The van der Waals surface area contributed by atoms with E-state index in [1.807, 2.05) is 66.7 Å². The van der Waals surface area contributed by atoms with Gasteiger partial charge in [0.25, 0.3) is 0 Å². The normalized spacial score (nSPS) is 10.9. The van der Waals surface area contributed by atoms with Gasteiger partial charge in [-0.2, -0.15) is 0 Å². The number of carbonyl (C=O) groups is 1. The van der Waals surface area contributed by atoms with E-state index < -0.39 is 5.97 Å². The van der Waals surface area contributed by atoms with E-state index >= 15 is 0 Å². The molecule has 1 heterocycles. The summed E-state index contributed by atoms with van der Waals surface area (Å²) in [4.78, 5) is 16.6. The zero-order chi connectivity index (χ0) is 22.5. The van der Waals surface area contributed by atoms with E-state index in [4.69, 9.17) is 9.47 Å². The van der Waals surface area contributed by atoms with Gasteiger partial charge in [-0.3, -0.25) is 0 Å². The number of fused-ring (bicyclic) bond motifs is 1. The zero-order valence-corrected chi connectivity index (χ0v) is 18.7. The molecule has 164 valence electrons. The van der Waals surface area contributed by atoms with Crippen molar-refractivity contribution in [1.29, 1.82) is 0 Å². The van der Waals surface area contributed by atoms with Gasteiger partial charge in [0.15, 0.2) is 0 Å². The van der Waals surface area contributed by atoms with Gasteiger partial charge in [0.2, 0.25) is 0 Å². The number of aromatic carboxylic acids is 1. The van der Waals surface area contributed by atoms with Gasteiger partial charge in [-0.05, 0) is 29.8 Å². The molecule has 1 aromatic heterocycles. The molecular weight excluding hydrogens is 424 g/mol. The predicted molar refractivity (Wildman–Crippen MR) is 126 cm³/mol. The number of benzene rings is 3. The standard InChI is InChI=1S/C25H24N2O4S/c1-30-18-10-9-17(22(13-18)31-2)15-26-14-16-8-11-20-21(12-16)27-23(25(28)29)24(20)32-19-6-4-3-5-7-19/h3-13,26-27H,14-15H2,1-2H3,(H,28,29). The molecule has 0 radical (unpaired) electrons. The Hall–Kier alpha value is -3.42. The van der Waals surface area contributed by atoms with Crippen LogP contribution < -0.4 is 14.8 Å². The van der Waals surface area contributed by atoms with E-state index in [0.717, 1.165) is 43.3 Å². The highest BCUT2D eigenvalue weighted by Gasteiger charge is 2.18. The first-order valence-electron chi connectivity index (χ1n) is 10.1. The van der Waals surface area contributed by atoms with Gasteiger partial charge in [-0.1, -0.05) is 48.2 Å². The van der Waals surface area contributed by atoms with E-state index in [1.165, 1.54) is 11.8 Å². The van der Waals surface area contributed by atoms with Crippen LogP contribution in [0.25, 0.3) is 10.9 Å². The Morgan fingerprint density at radius 1 is 1.00 bits per heavy atom. The molecule has 0 saturated heterocycles. The fourth-order valence-corrected chi connectivity index (χ4v) is 4.59. The van der Waals surface area contributed by atoms with Crippen molar-refractivity contribution >= 4 is 28.6 Å². The van der Waals surface area contributed by atoms with Crippen molar-refractivity contribution in [2.24, 2.45) is 0 Å². The zero-order valence-electron chi connectivity index (χ0n) is 17.8. The van der Waals surface area contributed by atoms with E-state index in [9.17, 15) is 9.90 Å². The molecule has 0 aliphatic heterocycles. The molecule has 32 heavy (non-hydrogen) atoms. The maximum atomic E-state index is 11.8. The van der Waals surface area contributed by atoms with Gasteiger partial charge < -0.3 is 24.9 Å². The van der Waals surface area contributed by atoms with E-state index in [-0.39, 0.29) is 5.69 Å². The summed E-state index contributed by atoms with van der Waals surface area (Å²) in [6.07, 6.45) is 0. The summed E-state index contributed by atoms with van der Waals surface area (Å²) >= 11 is 1.45. The molecule has 0 atom stereocenters. The quantitative estimate of drug-likeness (QED) is 0.321. The first-order chi connectivity index (χ1) is 15.6. The van der Waals surface area contributed by atoms with Crippen molar-refractivity contribution in [2.75, 3.05) is 14.2 Å². The van der Waals surface area contributed by atoms with Crippen molar-refractivity contribution in [3.63, 3.8) is 0 Å².